The summed E-state index contributed by atoms with van der Waals surface area (Å²) >= 11 is 1.21. The van der Waals surface area contributed by atoms with Crippen LogP contribution in [-0.4, -0.2) is 34.8 Å². The molecule has 1 saturated heterocycles. The summed E-state index contributed by atoms with van der Waals surface area (Å²) in [5.74, 6) is 0.122. The van der Waals surface area contributed by atoms with Crippen LogP contribution in [0, 0.1) is 30.5 Å². The van der Waals surface area contributed by atoms with E-state index in [2.05, 4.69) is 13.0 Å². The van der Waals surface area contributed by atoms with Gasteiger partial charge in [-0.25, -0.2) is 9.18 Å². The molecule has 3 N–H and O–H groups in total. The van der Waals surface area contributed by atoms with Crippen molar-refractivity contribution in [2.75, 3.05) is 18.0 Å². The predicted octanol–water partition coefficient (Wildman–Crippen LogP) is 3.60. The molecule has 31 heavy (non-hydrogen) atoms. The van der Waals surface area contributed by atoms with Crippen LogP contribution in [0.25, 0.3) is 15.7 Å². The van der Waals surface area contributed by atoms with Crippen LogP contribution in [0.3, 0.4) is 0 Å². The lowest BCUT2D eigenvalue weighted by Crippen LogP contribution is -2.38. The molecule has 0 radical (unpaired) electrons. The maximum atomic E-state index is 15.3. The molecule has 0 saturated carbocycles. The number of ether oxygens (including phenoxy) is 1. The van der Waals surface area contributed by atoms with E-state index in [0.29, 0.717) is 41.0 Å². The van der Waals surface area contributed by atoms with Crippen LogP contribution < -0.4 is 20.8 Å². The highest BCUT2D eigenvalue weighted by Gasteiger charge is 2.41. The molecule has 1 fully saturated rings. The lowest BCUT2D eigenvalue weighted by molar-refractivity contribution is 0.144. The Balaban J connectivity index is 1.68. The van der Waals surface area contributed by atoms with Crippen molar-refractivity contribution in [2.24, 2.45) is 23.5 Å². The molecule has 1 aliphatic carbocycles. The van der Waals surface area contributed by atoms with Gasteiger partial charge in [0, 0.05) is 36.1 Å². The van der Waals surface area contributed by atoms with Crippen LogP contribution in [0.1, 0.15) is 12.6 Å². The molecule has 4 atom stereocenters. The van der Waals surface area contributed by atoms with Crippen LogP contribution in [0.5, 0.6) is 5.75 Å². The highest BCUT2D eigenvalue weighted by Crippen LogP contribution is 2.40. The summed E-state index contributed by atoms with van der Waals surface area (Å²) in [6, 6.07) is 2.82. The van der Waals surface area contributed by atoms with Crippen molar-refractivity contribution in [1.29, 1.82) is 0 Å². The van der Waals surface area contributed by atoms with Gasteiger partial charge in [-0.05, 0) is 30.9 Å². The molecule has 7 nitrogen and oxygen atoms in total. The molecule has 3 heterocycles. The van der Waals surface area contributed by atoms with Gasteiger partial charge in [0.1, 0.15) is 10.6 Å². The maximum absolute atomic E-state index is 15.3. The number of fused-ring (bicyclic) bond motifs is 4. The maximum Gasteiger partial charge on any atom is 0.511 e. The molecule has 162 valence electrons. The van der Waals surface area contributed by atoms with Crippen molar-refractivity contribution in [3.05, 3.63) is 51.4 Å². The van der Waals surface area contributed by atoms with E-state index in [9.17, 15) is 9.59 Å². The van der Waals surface area contributed by atoms with E-state index in [0.717, 1.165) is 5.69 Å². The van der Waals surface area contributed by atoms with E-state index in [1.165, 1.54) is 17.4 Å². The summed E-state index contributed by atoms with van der Waals surface area (Å²) in [4.78, 5) is 26.5. The van der Waals surface area contributed by atoms with Crippen molar-refractivity contribution in [3.63, 3.8) is 0 Å². The van der Waals surface area contributed by atoms with Gasteiger partial charge < -0.3 is 24.9 Å². The Morgan fingerprint density at radius 3 is 2.74 bits per heavy atom. The minimum atomic E-state index is -1.58. The Morgan fingerprint density at radius 2 is 2.03 bits per heavy atom. The third-order valence-corrected chi connectivity index (χ3v) is 7.65. The van der Waals surface area contributed by atoms with Gasteiger partial charge in [-0.2, -0.15) is 0 Å². The third kappa shape index (κ3) is 3.02. The molecule has 0 spiro atoms. The largest absolute Gasteiger partial charge is 0.511 e. The second-order valence-electron chi connectivity index (χ2n) is 8.42. The topological polar surface area (TPSA) is 97.3 Å². The number of carboxylic acid groups (broad SMARTS) is 1. The first kappa shape index (κ1) is 20.0. The monoisotopic (exact) mass is 443 g/mol. The highest BCUT2D eigenvalue weighted by molar-refractivity contribution is 7.16. The zero-order valence-electron chi connectivity index (χ0n) is 17.0. The number of aromatic nitrogens is 1. The van der Waals surface area contributed by atoms with Gasteiger partial charge in [0.2, 0.25) is 11.2 Å². The van der Waals surface area contributed by atoms with E-state index in [1.54, 1.807) is 10.5 Å². The summed E-state index contributed by atoms with van der Waals surface area (Å²) in [6.07, 6.45) is 2.59. The smallest absolute Gasteiger partial charge is 0.449 e. The summed E-state index contributed by atoms with van der Waals surface area (Å²) in [6.45, 7) is 5.33. The molecule has 9 heteroatoms. The van der Waals surface area contributed by atoms with Crippen LogP contribution in [0.4, 0.5) is 14.9 Å². The number of nitrogens with zero attached hydrogens (tertiary/aromatic N) is 2. The first-order valence-corrected chi connectivity index (χ1v) is 11.0. The molecular formula is C22H22FN3O4S. The molecule has 0 amide bonds. The predicted molar refractivity (Wildman–Crippen MR) is 118 cm³/mol. The molecule has 1 aliphatic heterocycles. The molecule has 1 aromatic carbocycles. The summed E-state index contributed by atoms with van der Waals surface area (Å²) in [7, 11) is 0. The fraction of sp³-hybridized carbons (Fsp3) is 0.364. The minimum Gasteiger partial charge on any atom is -0.449 e. The Kier molecular flexibility index (Phi) is 4.56. The van der Waals surface area contributed by atoms with E-state index in [4.69, 9.17) is 15.6 Å². The number of anilines is 1. The van der Waals surface area contributed by atoms with Crippen molar-refractivity contribution in [1.82, 2.24) is 4.40 Å². The second kappa shape index (κ2) is 7.06. The van der Waals surface area contributed by atoms with E-state index >= 15 is 4.39 Å². The lowest BCUT2D eigenvalue weighted by Gasteiger charge is -2.30. The number of halogens is 1. The van der Waals surface area contributed by atoms with Gasteiger partial charge in [-0.1, -0.05) is 19.1 Å². The molecule has 2 aliphatic rings. The Hall–Kier alpha value is -2.91. The van der Waals surface area contributed by atoms with E-state index < -0.39 is 17.4 Å². The quantitative estimate of drug-likeness (QED) is 0.464. The van der Waals surface area contributed by atoms with Crippen molar-refractivity contribution in [2.45, 2.75) is 19.9 Å². The SMILES string of the molecule is Cc1csc2c(OC(=O)O)c(=O)c3cc(F)c(N4CC5C(C)C=CC(N)C5C4)cc3n12. The van der Waals surface area contributed by atoms with Gasteiger partial charge in [0.25, 0.3) is 0 Å². The number of nitrogens with two attached hydrogens (primary N) is 1. The molecule has 3 aromatic rings. The van der Waals surface area contributed by atoms with Crippen LogP contribution in [-0.2, 0) is 0 Å². The Bertz CT molecular complexity index is 1290. The number of allylic oxidation sites excluding steroid dienone is 1. The lowest BCUT2D eigenvalue weighted by atomic mass is 9.77. The van der Waals surface area contributed by atoms with Crippen LogP contribution in [0.15, 0.2) is 34.5 Å². The fourth-order valence-corrected chi connectivity index (χ4v) is 6.00. The van der Waals surface area contributed by atoms with Crippen LogP contribution in [0.2, 0.25) is 0 Å². The van der Waals surface area contributed by atoms with Gasteiger partial charge in [0.05, 0.1) is 16.6 Å². The minimum absolute atomic E-state index is 0.0566. The summed E-state index contributed by atoms with van der Waals surface area (Å²) in [5.41, 5.74) is 7.40. The fourth-order valence-electron chi connectivity index (χ4n) is 5.02. The van der Waals surface area contributed by atoms with Crippen molar-refractivity contribution < 1.29 is 19.0 Å². The molecule has 0 bridgehead atoms. The average Bonchev–Trinajstić information content (AvgIpc) is 3.33. The Morgan fingerprint density at radius 1 is 1.29 bits per heavy atom. The van der Waals surface area contributed by atoms with E-state index in [1.807, 2.05) is 23.3 Å². The molecule has 4 unspecified atom stereocenters. The Labute approximate surface area is 181 Å². The zero-order chi connectivity index (χ0) is 22.0. The first-order chi connectivity index (χ1) is 14.8. The van der Waals surface area contributed by atoms with Crippen molar-refractivity contribution in [3.8, 4) is 5.75 Å². The molecule has 5 rings (SSSR count). The third-order valence-electron chi connectivity index (χ3n) is 6.60. The summed E-state index contributed by atoms with van der Waals surface area (Å²) in [5, 5.41) is 10.9. The number of carbonyl (C=O) groups is 1. The van der Waals surface area contributed by atoms with Crippen molar-refractivity contribution >= 4 is 38.9 Å². The van der Waals surface area contributed by atoms with Crippen LogP contribution >= 0.6 is 11.3 Å². The van der Waals surface area contributed by atoms with Gasteiger partial charge in [-0.3, -0.25) is 4.79 Å². The highest BCUT2D eigenvalue weighted by atomic mass is 32.1. The molecular weight excluding hydrogens is 421 g/mol. The van der Waals surface area contributed by atoms with Gasteiger partial charge in [0.15, 0.2) is 0 Å². The average molecular weight is 444 g/mol. The number of thiazole rings is 1. The molecule has 2 aromatic heterocycles. The number of benzene rings is 1. The standard InChI is InChI=1S/C22H22FN3O4S/c1-10-3-4-16(24)14-8-25(7-13(10)14)18-6-17-12(5-15(18)23)19(27)20(30-22(28)29)21-26(17)11(2)9-31-21/h3-6,9-10,13-14,16H,7-8,24H2,1-2H3,(H,28,29). The van der Waals surface area contributed by atoms with Gasteiger partial charge in [-0.15, -0.1) is 11.3 Å². The number of rotatable bonds is 2. The first-order valence-electron chi connectivity index (χ1n) is 10.1. The van der Waals surface area contributed by atoms with Gasteiger partial charge >= 0.3 is 6.16 Å². The normalized spacial score (nSPS) is 25.4. The number of pyridine rings is 1. The number of hydrogen-bond acceptors (Lipinski definition) is 6. The van der Waals surface area contributed by atoms with E-state index in [-0.39, 0.29) is 23.1 Å². The number of aryl methyl sites for hydroxylation is 1. The zero-order valence-corrected chi connectivity index (χ0v) is 17.9. The number of hydrogen-bond donors (Lipinski definition) is 2. The second-order valence-corrected chi connectivity index (χ2v) is 9.28. The summed E-state index contributed by atoms with van der Waals surface area (Å²) < 4.78 is 21.8.